The maximum absolute atomic E-state index is 14.1. The summed E-state index contributed by atoms with van der Waals surface area (Å²) in [6, 6.07) is 9.99. The van der Waals surface area contributed by atoms with Crippen molar-refractivity contribution in [2.45, 2.75) is 13.8 Å². The summed E-state index contributed by atoms with van der Waals surface area (Å²) in [5, 5.41) is 17.3. The topological polar surface area (TPSA) is 93.0 Å². The molecule has 138 valence electrons. The van der Waals surface area contributed by atoms with Gasteiger partial charge < -0.3 is 10.6 Å². The summed E-state index contributed by atoms with van der Waals surface area (Å²) in [6.07, 6.45) is 1.18. The molecule has 0 bridgehead atoms. The molecule has 0 saturated carbocycles. The number of hydrogen-bond acceptors (Lipinski definition) is 6. The highest BCUT2D eigenvalue weighted by Gasteiger charge is 2.24. The molecule has 0 saturated heterocycles. The fraction of sp³-hybridized carbons (Fsp3) is 0.111. The van der Waals surface area contributed by atoms with Crippen molar-refractivity contribution >= 4 is 44.6 Å². The second kappa shape index (κ2) is 7.67. The summed E-state index contributed by atoms with van der Waals surface area (Å²) < 4.78 is 14.6. The van der Waals surface area contributed by atoms with Gasteiger partial charge in [-0.05, 0) is 43.7 Å². The molecule has 1 heterocycles. The Morgan fingerprint density at radius 1 is 1.04 bits per heavy atom. The monoisotopic (exact) mass is 431 g/mol. The molecule has 0 aliphatic carbocycles. The lowest BCUT2D eigenvalue weighted by Crippen LogP contribution is -2.06. The van der Waals surface area contributed by atoms with Crippen LogP contribution in [-0.4, -0.2) is 14.9 Å². The third kappa shape index (κ3) is 4.20. The summed E-state index contributed by atoms with van der Waals surface area (Å²) in [6.45, 7) is 3.84. The molecule has 0 aliphatic heterocycles. The minimum Gasteiger partial charge on any atom is -0.334 e. The van der Waals surface area contributed by atoms with E-state index in [0.717, 1.165) is 11.1 Å². The SMILES string of the molecule is Cc1ccc(Nc2ncnc(Nc3ccc(Br)cc3F)c2[N+](=O)[O-])c(C)c1. The van der Waals surface area contributed by atoms with Crippen molar-refractivity contribution in [1.82, 2.24) is 9.97 Å². The number of anilines is 4. The van der Waals surface area contributed by atoms with Crippen molar-refractivity contribution in [2.75, 3.05) is 10.6 Å². The van der Waals surface area contributed by atoms with E-state index in [9.17, 15) is 14.5 Å². The molecule has 7 nitrogen and oxygen atoms in total. The van der Waals surface area contributed by atoms with Gasteiger partial charge in [-0.1, -0.05) is 33.6 Å². The van der Waals surface area contributed by atoms with Crippen molar-refractivity contribution in [1.29, 1.82) is 0 Å². The van der Waals surface area contributed by atoms with Gasteiger partial charge in [-0.25, -0.2) is 14.4 Å². The minimum absolute atomic E-state index is 0.0157. The first-order valence-corrected chi connectivity index (χ1v) is 8.70. The Hall–Kier alpha value is -3.07. The van der Waals surface area contributed by atoms with E-state index in [0.29, 0.717) is 10.2 Å². The van der Waals surface area contributed by atoms with Gasteiger partial charge in [0, 0.05) is 10.2 Å². The molecule has 1 aromatic heterocycles. The second-order valence-corrected chi connectivity index (χ2v) is 6.78. The fourth-order valence-electron chi connectivity index (χ4n) is 2.53. The third-order valence-corrected chi connectivity index (χ3v) is 4.32. The van der Waals surface area contributed by atoms with Gasteiger partial charge in [-0.15, -0.1) is 0 Å². The molecule has 2 aromatic carbocycles. The third-order valence-electron chi connectivity index (χ3n) is 3.82. The van der Waals surface area contributed by atoms with Crippen LogP contribution in [0.2, 0.25) is 0 Å². The zero-order valence-corrected chi connectivity index (χ0v) is 16.0. The quantitative estimate of drug-likeness (QED) is 0.415. The number of nitro groups is 1. The summed E-state index contributed by atoms with van der Waals surface area (Å²) in [5.74, 6) is -0.661. The van der Waals surface area contributed by atoms with Gasteiger partial charge in [0.25, 0.3) is 0 Å². The molecular weight excluding hydrogens is 417 g/mol. The lowest BCUT2D eigenvalue weighted by atomic mass is 10.1. The number of aryl methyl sites for hydroxylation is 2. The van der Waals surface area contributed by atoms with Crippen LogP contribution in [0.3, 0.4) is 0 Å². The predicted molar refractivity (Wildman–Crippen MR) is 105 cm³/mol. The highest BCUT2D eigenvalue weighted by molar-refractivity contribution is 9.10. The van der Waals surface area contributed by atoms with Crippen molar-refractivity contribution < 1.29 is 9.31 Å². The molecule has 3 aromatic rings. The normalized spacial score (nSPS) is 10.5. The summed E-state index contributed by atoms with van der Waals surface area (Å²) >= 11 is 3.17. The molecular formula is C18H15BrFN5O2. The van der Waals surface area contributed by atoms with Gasteiger partial charge in [0.15, 0.2) is 0 Å². The molecule has 0 unspecified atom stereocenters. The van der Waals surface area contributed by atoms with E-state index in [1.54, 1.807) is 6.07 Å². The van der Waals surface area contributed by atoms with Crippen LogP contribution in [0.4, 0.5) is 33.1 Å². The van der Waals surface area contributed by atoms with E-state index < -0.39 is 10.7 Å². The summed E-state index contributed by atoms with van der Waals surface area (Å²) in [4.78, 5) is 18.9. The number of hydrogen-bond donors (Lipinski definition) is 2. The number of halogens is 2. The highest BCUT2D eigenvalue weighted by Crippen LogP contribution is 2.34. The van der Waals surface area contributed by atoms with Crippen LogP contribution >= 0.6 is 15.9 Å². The van der Waals surface area contributed by atoms with Crippen molar-refractivity contribution in [3.63, 3.8) is 0 Å². The lowest BCUT2D eigenvalue weighted by Gasteiger charge is -2.12. The van der Waals surface area contributed by atoms with Gasteiger partial charge in [0.1, 0.15) is 12.1 Å². The van der Waals surface area contributed by atoms with E-state index in [-0.39, 0.29) is 23.0 Å². The Labute approximate surface area is 163 Å². The number of nitrogens with one attached hydrogen (secondary N) is 2. The van der Waals surface area contributed by atoms with Crippen LogP contribution in [0, 0.1) is 29.8 Å². The van der Waals surface area contributed by atoms with Crippen molar-refractivity contribution in [3.8, 4) is 0 Å². The zero-order chi connectivity index (χ0) is 19.6. The Balaban J connectivity index is 2.01. The molecule has 3 rings (SSSR count). The Bertz CT molecular complexity index is 957. The predicted octanol–water partition coefficient (Wildman–Crippen LogP) is 5.39. The number of benzene rings is 2. The molecule has 0 amide bonds. The number of nitrogens with zero attached hydrogens (tertiary/aromatic N) is 3. The maximum Gasteiger partial charge on any atom is 0.353 e. The Morgan fingerprint density at radius 3 is 2.26 bits per heavy atom. The van der Waals surface area contributed by atoms with Gasteiger partial charge >= 0.3 is 5.69 Å². The molecule has 0 atom stereocenters. The summed E-state index contributed by atoms with van der Waals surface area (Å²) in [7, 11) is 0. The van der Waals surface area contributed by atoms with Gasteiger partial charge in [0.2, 0.25) is 11.6 Å². The number of aromatic nitrogens is 2. The van der Waals surface area contributed by atoms with E-state index in [1.165, 1.54) is 18.5 Å². The molecule has 0 fully saturated rings. The fourth-order valence-corrected chi connectivity index (χ4v) is 2.87. The largest absolute Gasteiger partial charge is 0.353 e. The van der Waals surface area contributed by atoms with Crippen molar-refractivity contribution in [2.24, 2.45) is 0 Å². The maximum atomic E-state index is 14.1. The first kappa shape index (κ1) is 18.7. The average molecular weight is 432 g/mol. The van der Waals surface area contributed by atoms with Crippen LogP contribution in [0.15, 0.2) is 47.2 Å². The molecule has 2 N–H and O–H groups in total. The van der Waals surface area contributed by atoms with Crippen LogP contribution in [0.5, 0.6) is 0 Å². The highest BCUT2D eigenvalue weighted by atomic mass is 79.9. The van der Waals surface area contributed by atoms with Crippen molar-refractivity contribution in [3.05, 3.63) is 74.3 Å². The molecule has 27 heavy (non-hydrogen) atoms. The smallest absolute Gasteiger partial charge is 0.334 e. The summed E-state index contributed by atoms with van der Waals surface area (Å²) in [5.41, 5.74) is 2.36. The first-order valence-electron chi connectivity index (χ1n) is 7.91. The van der Waals surface area contributed by atoms with E-state index in [2.05, 4.69) is 36.5 Å². The van der Waals surface area contributed by atoms with E-state index >= 15 is 0 Å². The number of rotatable bonds is 5. The van der Waals surface area contributed by atoms with Crippen LogP contribution < -0.4 is 10.6 Å². The van der Waals surface area contributed by atoms with Crippen LogP contribution in [-0.2, 0) is 0 Å². The zero-order valence-electron chi connectivity index (χ0n) is 14.5. The molecule has 0 aliphatic rings. The minimum atomic E-state index is -0.606. The van der Waals surface area contributed by atoms with Crippen LogP contribution in [0.25, 0.3) is 0 Å². The molecule has 9 heteroatoms. The van der Waals surface area contributed by atoms with Gasteiger partial charge in [-0.2, -0.15) is 0 Å². The van der Waals surface area contributed by atoms with E-state index in [4.69, 9.17) is 0 Å². The second-order valence-electron chi connectivity index (χ2n) is 5.87. The van der Waals surface area contributed by atoms with Gasteiger partial charge in [-0.3, -0.25) is 10.1 Å². The molecule has 0 radical (unpaired) electrons. The van der Waals surface area contributed by atoms with Crippen LogP contribution in [0.1, 0.15) is 11.1 Å². The first-order chi connectivity index (χ1) is 12.8. The molecule has 0 spiro atoms. The Morgan fingerprint density at radius 2 is 1.67 bits per heavy atom. The van der Waals surface area contributed by atoms with E-state index in [1.807, 2.05) is 32.0 Å². The standard InChI is InChI=1S/C18H15BrFN5O2/c1-10-3-5-14(11(2)7-10)23-17-16(25(26)27)18(22-9-21-17)24-15-6-4-12(19)8-13(15)20/h3-9H,1-2H3,(H2,21,22,23,24). The lowest BCUT2D eigenvalue weighted by molar-refractivity contribution is -0.383. The Kier molecular flexibility index (Phi) is 5.31. The average Bonchev–Trinajstić information content (AvgIpc) is 2.60. The van der Waals surface area contributed by atoms with Gasteiger partial charge in [0.05, 0.1) is 10.6 Å².